The lowest BCUT2D eigenvalue weighted by Gasteiger charge is -2.03. The molecule has 67 valence electrons. The van der Waals surface area contributed by atoms with Crippen molar-refractivity contribution in [3.63, 3.8) is 0 Å². The molecule has 1 aliphatic rings. The van der Waals surface area contributed by atoms with E-state index in [9.17, 15) is 13.2 Å². The van der Waals surface area contributed by atoms with E-state index in [1.54, 1.807) is 0 Å². The maximum Gasteiger partial charge on any atom is 0.436 e. The van der Waals surface area contributed by atoms with Crippen LogP contribution in [0.2, 0.25) is 0 Å². The lowest BCUT2D eigenvalue weighted by molar-refractivity contribution is -0.0579. The fraction of sp³-hybridized carbons (Fsp3) is 0.400. The van der Waals surface area contributed by atoms with Crippen molar-refractivity contribution in [2.75, 3.05) is 6.61 Å². The second kappa shape index (κ2) is 2.95. The predicted molar refractivity (Wildman–Crippen MR) is 35.6 cm³/mol. The SMILES string of the molecule is OCC1=C(Cl)C(C(F)(F)F)=N[N]1. The van der Waals surface area contributed by atoms with Crippen LogP contribution in [-0.4, -0.2) is 23.6 Å². The molecule has 1 heterocycles. The summed E-state index contributed by atoms with van der Waals surface area (Å²) in [4.78, 5) is 0. The lowest BCUT2D eigenvalue weighted by Crippen LogP contribution is -2.21. The van der Waals surface area contributed by atoms with Crippen molar-refractivity contribution in [2.24, 2.45) is 5.10 Å². The van der Waals surface area contributed by atoms with Gasteiger partial charge in [-0.15, -0.1) is 5.10 Å². The number of hydrogen-bond donors (Lipinski definition) is 1. The Morgan fingerprint density at radius 1 is 1.42 bits per heavy atom. The number of alkyl halides is 3. The number of aliphatic hydroxyl groups excluding tert-OH is 1. The Morgan fingerprint density at radius 3 is 2.25 bits per heavy atom. The van der Waals surface area contributed by atoms with Crippen molar-refractivity contribution in [3.8, 4) is 0 Å². The molecular formula is C5H3ClF3N2O. The number of rotatable bonds is 1. The van der Waals surface area contributed by atoms with Crippen molar-refractivity contribution < 1.29 is 18.3 Å². The summed E-state index contributed by atoms with van der Waals surface area (Å²) in [6, 6.07) is 0. The molecule has 0 unspecified atom stereocenters. The molecule has 0 spiro atoms. The van der Waals surface area contributed by atoms with Crippen molar-refractivity contribution in [3.05, 3.63) is 10.7 Å². The molecule has 0 aliphatic carbocycles. The van der Waals surface area contributed by atoms with Gasteiger partial charge in [-0.25, -0.2) is 0 Å². The maximum atomic E-state index is 11.9. The number of aliphatic hydroxyl groups is 1. The Labute approximate surface area is 70.5 Å². The first kappa shape index (κ1) is 9.34. The highest BCUT2D eigenvalue weighted by Crippen LogP contribution is 2.28. The van der Waals surface area contributed by atoms with Crippen molar-refractivity contribution in [1.82, 2.24) is 5.43 Å². The molecule has 7 heteroatoms. The first-order valence-corrected chi connectivity index (χ1v) is 3.20. The highest BCUT2D eigenvalue weighted by molar-refractivity contribution is 6.45. The van der Waals surface area contributed by atoms with Gasteiger partial charge in [0.05, 0.1) is 11.6 Å². The molecule has 1 radical (unpaired) electrons. The van der Waals surface area contributed by atoms with E-state index in [-0.39, 0.29) is 5.70 Å². The van der Waals surface area contributed by atoms with Gasteiger partial charge >= 0.3 is 6.18 Å². The van der Waals surface area contributed by atoms with Crippen molar-refractivity contribution in [2.45, 2.75) is 6.18 Å². The largest absolute Gasteiger partial charge is 0.436 e. The average Bonchev–Trinajstić information content (AvgIpc) is 2.29. The number of hydrogen-bond acceptors (Lipinski definition) is 2. The topological polar surface area (TPSA) is 46.7 Å². The number of allylic oxidation sites excluding steroid dienone is 1. The molecule has 0 aromatic rings. The van der Waals surface area contributed by atoms with Gasteiger partial charge in [-0.2, -0.15) is 18.6 Å². The van der Waals surface area contributed by atoms with E-state index < -0.39 is 23.5 Å². The van der Waals surface area contributed by atoms with Crippen LogP contribution < -0.4 is 5.43 Å². The minimum Gasteiger partial charge on any atom is -0.390 e. The van der Waals surface area contributed by atoms with E-state index in [2.05, 4.69) is 10.5 Å². The molecule has 0 saturated heterocycles. The molecular weight excluding hydrogens is 197 g/mol. The van der Waals surface area contributed by atoms with E-state index in [0.29, 0.717) is 0 Å². The molecule has 0 fully saturated rings. The van der Waals surface area contributed by atoms with E-state index >= 15 is 0 Å². The summed E-state index contributed by atoms with van der Waals surface area (Å²) >= 11 is 5.20. The van der Waals surface area contributed by atoms with Crippen LogP contribution in [0.3, 0.4) is 0 Å². The molecule has 0 saturated carbocycles. The highest BCUT2D eigenvalue weighted by Gasteiger charge is 2.42. The zero-order chi connectivity index (χ0) is 9.35. The maximum absolute atomic E-state index is 11.9. The van der Waals surface area contributed by atoms with Gasteiger partial charge in [0.15, 0.2) is 5.71 Å². The Bertz CT molecular complexity index is 258. The van der Waals surface area contributed by atoms with Gasteiger partial charge in [-0.3, -0.25) is 0 Å². The summed E-state index contributed by atoms with van der Waals surface area (Å²) in [6.45, 7) is -0.651. The third-order valence-electron chi connectivity index (χ3n) is 1.15. The minimum atomic E-state index is -4.61. The summed E-state index contributed by atoms with van der Waals surface area (Å²) in [5.74, 6) is 0. The van der Waals surface area contributed by atoms with E-state index in [1.807, 2.05) is 0 Å². The monoisotopic (exact) mass is 199 g/mol. The van der Waals surface area contributed by atoms with Crippen LogP contribution in [-0.2, 0) is 0 Å². The molecule has 1 N–H and O–H groups in total. The molecule has 0 aromatic carbocycles. The molecule has 3 nitrogen and oxygen atoms in total. The van der Waals surface area contributed by atoms with Crippen molar-refractivity contribution >= 4 is 17.3 Å². The standard InChI is InChI=1S/C5H3ClF3N2O/c6-3-2(1-12)10-11-4(3)5(7,8)9/h12H,1H2. The van der Waals surface area contributed by atoms with Gasteiger partial charge < -0.3 is 5.11 Å². The molecule has 0 amide bonds. The molecule has 12 heavy (non-hydrogen) atoms. The molecule has 1 aliphatic heterocycles. The van der Waals surface area contributed by atoms with E-state index in [4.69, 9.17) is 16.7 Å². The van der Waals surface area contributed by atoms with Gasteiger partial charge in [0, 0.05) is 0 Å². The van der Waals surface area contributed by atoms with Crippen LogP contribution in [0.1, 0.15) is 0 Å². The van der Waals surface area contributed by atoms with Gasteiger partial charge in [-0.05, 0) is 0 Å². The fourth-order valence-electron chi connectivity index (χ4n) is 0.617. The molecule has 0 aromatic heterocycles. The summed E-state index contributed by atoms with van der Waals surface area (Å²) in [6.07, 6.45) is -4.61. The van der Waals surface area contributed by atoms with Crippen LogP contribution in [0.15, 0.2) is 15.8 Å². The summed E-state index contributed by atoms with van der Waals surface area (Å²) in [7, 11) is 0. The van der Waals surface area contributed by atoms with Crippen LogP contribution in [0.4, 0.5) is 13.2 Å². The second-order valence-corrected chi connectivity index (χ2v) is 2.34. The molecule has 0 bridgehead atoms. The quantitative estimate of drug-likeness (QED) is 0.672. The average molecular weight is 200 g/mol. The zero-order valence-corrected chi connectivity index (χ0v) is 6.32. The van der Waals surface area contributed by atoms with Crippen LogP contribution in [0.5, 0.6) is 0 Å². The minimum absolute atomic E-state index is 0.260. The van der Waals surface area contributed by atoms with Crippen LogP contribution >= 0.6 is 11.6 Å². The Kier molecular flexibility index (Phi) is 2.29. The third kappa shape index (κ3) is 1.54. The summed E-state index contributed by atoms with van der Waals surface area (Å²) in [5.41, 5.74) is 1.53. The van der Waals surface area contributed by atoms with Gasteiger partial charge in [0.25, 0.3) is 0 Å². The Balaban J connectivity index is 2.92. The molecule has 0 atom stereocenters. The summed E-state index contributed by atoms with van der Waals surface area (Å²) < 4.78 is 35.8. The predicted octanol–water partition coefficient (Wildman–Crippen LogP) is 0.965. The normalized spacial score (nSPS) is 17.9. The number of halogens is 4. The number of nitrogens with zero attached hydrogens (tertiary/aromatic N) is 2. The lowest BCUT2D eigenvalue weighted by atomic mass is 10.3. The second-order valence-electron chi connectivity index (χ2n) is 1.97. The van der Waals surface area contributed by atoms with Gasteiger partial charge in [0.2, 0.25) is 0 Å². The first-order valence-electron chi connectivity index (χ1n) is 2.82. The van der Waals surface area contributed by atoms with Crippen LogP contribution in [0, 0.1) is 0 Å². The Morgan fingerprint density at radius 2 is 2.00 bits per heavy atom. The first-order chi connectivity index (χ1) is 5.46. The van der Waals surface area contributed by atoms with Gasteiger partial charge in [0.1, 0.15) is 5.70 Å². The zero-order valence-electron chi connectivity index (χ0n) is 5.56. The Hall–Kier alpha value is -0.750. The van der Waals surface area contributed by atoms with E-state index in [0.717, 1.165) is 0 Å². The van der Waals surface area contributed by atoms with Gasteiger partial charge in [-0.1, -0.05) is 11.6 Å². The smallest absolute Gasteiger partial charge is 0.390 e. The fourth-order valence-corrected chi connectivity index (χ4v) is 0.859. The highest BCUT2D eigenvalue weighted by atomic mass is 35.5. The van der Waals surface area contributed by atoms with E-state index in [1.165, 1.54) is 0 Å². The van der Waals surface area contributed by atoms with Crippen molar-refractivity contribution in [1.29, 1.82) is 0 Å². The molecule has 1 rings (SSSR count). The summed E-state index contributed by atoms with van der Waals surface area (Å²) in [5, 5.41) is 10.6. The van der Waals surface area contributed by atoms with Crippen LogP contribution in [0.25, 0.3) is 0 Å². The third-order valence-corrected chi connectivity index (χ3v) is 1.55.